The molecule has 4 nitrogen and oxygen atoms in total. The second-order valence-corrected chi connectivity index (χ2v) is 4.81. The van der Waals surface area contributed by atoms with Crippen LogP contribution in [0.5, 0.6) is 11.5 Å². The summed E-state index contributed by atoms with van der Waals surface area (Å²) in [5, 5.41) is 3.20. The Morgan fingerprint density at radius 3 is 2.42 bits per heavy atom. The topological polar surface area (TPSA) is 56.5 Å². The van der Waals surface area contributed by atoms with Crippen LogP contribution in [0.15, 0.2) is 12.1 Å². The van der Waals surface area contributed by atoms with E-state index in [1.807, 2.05) is 26.1 Å². The molecule has 0 saturated heterocycles. The van der Waals surface area contributed by atoms with E-state index in [4.69, 9.17) is 15.2 Å². The lowest BCUT2D eigenvalue weighted by molar-refractivity contribution is 0.363. The average molecular weight is 266 g/mol. The number of benzene rings is 1. The molecule has 108 valence electrons. The van der Waals surface area contributed by atoms with Crippen molar-refractivity contribution in [3.63, 3.8) is 0 Å². The van der Waals surface area contributed by atoms with Gasteiger partial charge in [-0.15, -0.1) is 0 Å². The Morgan fingerprint density at radius 2 is 1.95 bits per heavy atom. The van der Waals surface area contributed by atoms with Crippen LogP contribution in [0.25, 0.3) is 0 Å². The van der Waals surface area contributed by atoms with Crippen molar-refractivity contribution in [1.29, 1.82) is 0 Å². The molecule has 3 N–H and O–H groups in total. The second kappa shape index (κ2) is 7.36. The van der Waals surface area contributed by atoms with Crippen molar-refractivity contribution in [2.75, 3.05) is 27.8 Å². The highest BCUT2D eigenvalue weighted by atomic mass is 16.5. The molecule has 0 aliphatic heterocycles. The van der Waals surface area contributed by atoms with Crippen molar-refractivity contribution < 1.29 is 9.47 Å². The van der Waals surface area contributed by atoms with Crippen LogP contribution in [0.3, 0.4) is 0 Å². The average Bonchev–Trinajstić information content (AvgIpc) is 2.42. The van der Waals surface area contributed by atoms with E-state index in [1.54, 1.807) is 14.2 Å². The molecule has 0 aliphatic carbocycles. The van der Waals surface area contributed by atoms with Crippen molar-refractivity contribution >= 4 is 0 Å². The SMILES string of the molecule is CCC(CNC)C(N)c1c(C)cc(OC)cc1OC. The van der Waals surface area contributed by atoms with Crippen LogP contribution in [-0.2, 0) is 0 Å². The zero-order chi connectivity index (χ0) is 14.4. The van der Waals surface area contributed by atoms with Gasteiger partial charge in [0, 0.05) is 17.7 Å². The lowest BCUT2D eigenvalue weighted by Gasteiger charge is -2.26. The monoisotopic (exact) mass is 266 g/mol. The van der Waals surface area contributed by atoms with Gasteiger partial charge in [0.2, 0.25) is 0 Å². The number of ether oxygens (including phenoxy) is 2. The first kappa shape index (κ1) is 15.8. The van der Waals surface area contributed by atoms with Crippen LogP contribution in [0.2, 0.25) is 0 Å². The summed E-state index contributed by atoms with van der Waals surface area (Å²) in [6, 6.07) is 3.86. The highest BCUT2D eigenvalue weighted by Gasteiger charge is 2.23. The van der Waals surface area contributed by atoms with Crippen LogP contribution >= 0.6 is 0 Å². The Balaban J connectivity index is 3.17. The maximum atomic E-state index is 6.44. The minimum atomic E-state index is -0.0432. The first-order chi connectivity index (χ1) is 9.08. The molecule has 0 heterocycles. The molecule has 0 bridgehead atoms. The van der Waals surface area contributed by atoms with Crippen LogP contribution in [-0.4, -0.2) is 27.8 Å². The van der Waals surface area contributed by atoms with Crippen molar-refractivity contribution in [2.24, 2.45) is 11.7 Å². The summed E-state index contributed by atoms with van der Waals surface area (Å²) in [4.78, 5) is 0. The van der Waals surface area contributed by atoms with Crippen LogP contribution in [0.4, 0.5) is 0 Å². The number of rotatable bonds is 7. The molecular formula is C15H26N2O2. The maximum absolute atomic E-state index is 6.44. The summed E-state index contributed by atoms with van der Waals surface area (Å²) in [5.41, 5.74) is 8.63. The van der Waals surface area contributed by atoms with E-state index >= 15 is 0 Å². The predicted molar refractivity (Wildman–Crippen MR) is 78.9 cm³/mol. The predicted octanol–water partition coefficient (Wildman–Crippen LogP) is 2.26. The Hall–Kier alpha value is -1.26. The molecule has 4 heteroatoms. The smallest absolute Gasteiger partial charge is 0.127 e. The van der Waals surface area contributed by atoms with Gasteiger partial charge in [-0.05, 0) is 38.1 Å². The summed E-state index contributed by atoms with van der Waals surface area (Å²) < 4.78 is 10.8. The van der Waals surface area contributed by atoms with E-state index in [0.29, 0.717) is 5.92 Å². The molecule has 0 aromatic heterocycles. The van der Waals surface area contributed by atoms with Gasteiger partial charge in [0.15, 0.2) is 0 Å². The summed E-state index contributed by atoms with van der Waals surface area (Å²) in [5.74, 6) is 1.98. The number of nitrogens with two attached hydrogens (primary N) is 1. The second-order valence-electron chi connectivity index (χ2n) is 4.81. The molecule has 0 saturated carbocycles. The zero-order valence-electron chi connectivity index (χ0n) is 12.6. The largest absolute Gasteiger partial charge is 0.497 e. The third kappa shape index (κ3) is 3.61. The number of hydrogen-bond donors (Lipinski definition) is 2. The zero-order valence-corrected chi connectivity index (χ0v) is 12.6. The van der Waals surface area contributed by atoms with Gasteiger partial charge in [-0.1, -0.05) is 13.3 Å². The van der Waals surface area contributed by atoms with E-state index in [-0.39, 0.29) is 6.04 Å². The highest BCUT2D eigenvalue weighted by Crippen LogP contribution is 2.35. The third-order valence-electron chi connectivity index (χ3n) is 3.61. The quantitative estimate of drug-likeness (QED) is 0.795. The van der Waals surface area contributed by atoms with Crippen LogP contribution < -0.4 is 20.5 Å². The molecule has 0 spiro atoms. The minimum absolute atomic E-state index is 0.0432. The molecule has 19 heavy (non-hydrogen) atoms. The Labute approximate surface area is 116 Å². The molecular weight excluding hydrogens is 240 g/mol. The summed E-state index contributed by atoms with van der Waals surface area (Å²) >= 11 is 0. The molecule has 1 aromatic carbocycles. The first-order valence-electron chi connectivity index (χ1n) is 6.71. The first-order valence-corrected chi connectivity index (χ1v) is 6.71. The Morgan fingerprint density at radius 1 is 1.26 bits per heavy atom. The molecule has 2 atom stereocenters. The van der Waals surface area contributed by atoms with E-state index in [2.05, 4.69) is 12.2 Å². The number of hydrogen-bond acceptors (Lipinski definition) is 4. The Bertz CT molecular complexity index is 407. The van der Waals surface area contributed by atoms with E-state index in [0.717, 1.165) is 35.6 Å². The fourth-order valence-corrected chi connectivity index (χ4v) is 2.47. The fourth-order valence-electron chi connectivity index (χ4n) is 2.47. The molecule has 0 aliphatic rings. The van der Waals surface area contributed by atoms with Crippen molar-refractivity contribution in [3.8, 4) is 11.5 Å². The summed E-state index contributed by atoms with van der Waals surface area (Å²) in [7, 11) is 5.28. The van der Waals surface area contributed by atoms with E-state index in [9.17, 15) is 0 Å². The number of methoxy groups -OCH3 is 2. The van der Waals surface area contributed by atoms with Gasteiger partial charge < -0.3 is 20.5 Å². The number of aryl methyl sites for hydroxylation is 1. The molecule has 0 fully saturated rings. The lowest BCUT2D eigenvalue weighted by Crippen LogP contribution is -2.30. The van der Waals surface area contributed by atoms with Crippen LogP contribution in [0.1, 0.15) is 30.5 Å². The highest BCUT2D eigenvalue weighted by molar-refractivity contribution is 5.48. The minimum Gasteiger partial charge on any atom is -0.497 e. The van der Waals surface area contributed by atoms with Crippen molar-refractivity contribution in [1.82, 2.24) is 5.32 Å². The molecule has 0 amide bonds. The van der Waals surface area contributed by atoms with Gasteiger partial charge in [0.25, 0.3) is 0 Å². The fraction of sp³-hybridized carbons (Fsp3) is 0.600. The standard InChI is InChI=1S/C15H26N2O2/c1-6-11(9-17-3)15(16)14-10(2)7-12(18-4)8-13(14)19-5/h7-8,11,15,17H,6,9,16H2,1-5H3. The molecule has 1 rings (SSSR count). The Kier molecular flexibility index (Phi) is 6.12. The van der Waals surface area contributed by atoms with E-state index < -0.39 is 0 Å². The van der Waals surface area contributed by atoms with Gasteiger partial charge >= 0.3 is 0 Å². The molecule has 2 unspecified atom stereocenters. The van der Waals surface area contributed by atoms with Gasteiger partial charge in [-0.2, -0.15) is 0 Å². The normalized spacial score (nSPS) is 14.0. The summed E-state index contributed by atoms with van der Waals surface area (Å²) in [6.45, 7) is 5.10. The van der Waals surface area contributed by atoms with Gasteiger partial charge in [-0.3, -0.25) is 0 Å². The van der Waals surface area contributed by atoms with Crippen LogP contribution in [0, 0.1) is 12.8 Å². The molecule has 1 aromatic rings. The third-order valence-corrected chi connectivity index (χ3v) is 3.61. The van der Waals surface area contributed by atoms with Crippen molar-refractivity contribution in [2.45, 2.75) is 26.3 Å². The lowest BCUT2D eigenvalue weighted by atomic mass is 9.88. The van der Waals surface area contributed by atoms with Gasteiger partial charge in [-0.25, -0.2) is 0 Å². The van der Waals surface area contributed by atoms with Crippen molar-refractivity contribution in [3.05, 3.63) is 23.3 Å². The summed E-state index contributed by atoms with van der Waals surface area (Å²) in [6.07, 6.45) is 1.02. The number of nitrogens with one attached hydrogen (secondary N) is 1. The molecule has 0 radical (unpaired) electrons. The van der Waals surface area contributed by atoms with E-state index in [1.165, 1.54) is 0 Å². The maximum Gasteiger partial charge on any atom is 0.127 e. The van der Waals surface area contributed by atoms with Gasteiger partial charge in [0.1, 0.15) is 11.5 Å². The van der Waals surface area contributed by atoms with Gasteiger partial charge in [0.05, 0.1) is 14.2 Å².